The topological polar surface area (TPSA) is 23.6 Å². The molecule has 2 aliphatic rings. The minimum Gasteiger partial charge on any atom is -0.344 e. The van der Waals surface area contributed by atoms with Crippen LogP contribution in [-0.4, -0.2) is 18.9 Å². The summed E-state index contributed by atoms with van der Waals surface area (Å²) in [5, 5.41) is 0. The smallest absolute Gasteiger partial charge is 0.182 e. The van der Waals surface area contributed by atoms with Gasteiger partial charge in [-0.2, -0.15) is 0 Å². The van der Waals surface area contributed by atoms with Crippen molar-refractivity contribution < 1.29 is 4.79 Å². The van der Waals surface area contributed by atoms with Gasteiger partial charge in [0.05, 0.1) is 0 Å². The van der Waals surface area contributed by atoms with Crippen molar-refractivity contribution in [2.45, 2.75) is 90.9 Å². The van der Waals surface area contributed by atoms with Gasteiger partial charge in [-0.05, 0) is 62.8 Å². The lowest BCUT2D eigenvalue weighted by Gasteiger charge is -2.30. The summed E-state index contributed by atoms with van der Waals surface area (Å²) in [5.41, 5.74) is 7.18. The van der Waals surface area contributed by atoms with Gasteiger partial charge in [-0.1, -0.05) is 76.9 Å². The van der Waals surface area contributed by atoms with E-state index in [0.29, 0.717) is 0 Å². The Balaban J connectivity index is 1.79. The summed E-state index contributed by atoms with van der Waals surface area (Å²) in [4.78, 5) is 18.7. The van der Waals surface area contributed by atoms with Crippen LogP contribution in [-0.2, 0) is 15.6 Å². The Morgan fingerprint density at radius 2 is 1.08 bits per heavy atom. The van der Waals surface area contributed by atoms with Crippen LogP contribution >= 0.6 is 0 Å². The van der Waals surface area contributed by atoms with Gasteiger partial charge in [0.25, 0.3) is 0 Å². The summed E-state index contributed by atoms with van der Waals surface area (Å²) < 4.78 is 0. The maximum atomic E-state index is 13.9. The fourth-order valence-corrected chi connectivity index (χ4v) is 6.13. The monoisotopic (exact) mass is 484 g/mol. The minimum atomic E-state index is -0.160. The molecular formula is C33H44N2O. The highest BCUT2D eigenvalue weighted by atomic mass is 16.1. The lowest BCUT2D eigenvalue weighted by Crippen LogP contribution is -2.31. The Morgan fingerprint density at radius 3 is 1.44 bits per heavy atom. The molecule has 0 saturated heterocycles. The molecule has 0 aromatic heterocycles. The Bertz CT molecular complexity index is 1070. The highest BCUT2D eigenvalue weighted by Crippen LogP contribution is 2.51. The molecule has 0 bridgehead atoms. The highest BCUT2D eigenvalue weighted by Gasteiger charge is 2.44. The van der Waals surface area contributed by atoms with Crippen molar-refractivity contribution in [3.05, 3.63) is 83.2 Å². The van der Waals surface area contributed by atoms with E-state index in [0.717, 1.165) is 63.0 Å². The Morgan fingerprint density at radius 1 is 0.694 bits per heavy atom. The second-order valence-electron chi connectivity index (χ2n) is 10.9. The van der Waals surface area contributed by atoms with E-state index in [1.165, 1.54) is 22.5 Å². The number of carbonyl (C=O) groups excluding carboxylic acids is 1. The molecule has 0 aliphatic carbocycles. The average Bonchev–Trinajstić information content (AvgIpc) is 3.28. The van der Waals surface area contributed by atoms with Crippen molar-refractivity contribution in [1.29, 1.82) is 0 Å². The van der Waals surface area contributed by atoms with Gasteiger partial charge < -0.3 is 9.80 Å². The quantitative estimate of drug-likeness (QED) is 0.317. The third kappa shape index (κ3) is 4.31. The molecule has 0 fully saturated rings. The maximum Gasteiger partial charge on any atom is 0.182 e. The third-order valence-corrected chi connectivity index (χ3v) is 8.73. The Hall–Kier alpha value is -2.81. The van der Waals surface area contributed by atoms with Crippen molar-refractivity contribution in [3.8, 4) is 0 Å². The van der Waals surface area contributed by atoms with Crippen molar-refractivity contribution in [1.82, 2.24) is 0 Å². The Labute approximate surface area is 218 Å². The van der Waals surface area contributed by atoms with Gasteiger partial charge in [-0.15, -0.1) is 0 Å². The number of anilines is 2. The molecule has 2 heterocycles. The summed E-state index contributed by atoms with van der Waals surface area (Å²) in [6, 6.07) is 17.4. The largest absolute Gasteiger partial charge is 0.344 e. The first-order chi connectivity index (χ1) is 17.4. The molecule has 0 N–H and O–H groups in total. The summed E-state index contributed by atoms with van der Waals surface area (Å²) in [6.07, 6.45) is 10.3. The average molecular weight is 485 g/mol. The molecule has 2 unspecified atom stereocenters. The lowest BCUT2D eigenvalue weighted by atomic mass is 9.78. The number of nitrogens with zero attached hydrogens (tertiary/aromatic N) is 2. The number of hydrogen-bond donors (Lipinski definition) is 0. The summed E-state index contributed by atoms with van der Waals surface area (Å²) >= 11 is 0. The molecule has 2 aromatic rings. The second kappa shape index (κ2) is 10.7. The van der Waals surface area contributed by atoms with Gasteiger partial charge in [-0.3, -0.25) is 4.79 Å². The number of benzene rings is 2. The van der Waals surface area contributed by atoms with Crippen LogP contribution in [0.15, 0.2) is 72.1 Å². The Kier molecular flexibility index (Phi) is 7.78. The fourth-order valence-electron chi connectivity index (χ4n) is 6.13. The molecular weight excluding hydrogens is 440 g/mol. The van der Waals surface area contributed by atoms with E-state index in [1.54, 1.807) is 0 Å². The standard InChI is InChI=1S/C33H44N2O/c1-7-11-21-34-28-19-15-13-17-26(28)32(5,9-3)30(34)23-25(36)24-31-33(6,10-4)27-18-14-16-20-29(27)35(31)22-12-8-2/h13-20,23-24H,7-12,21-22H2,1-6H3/b30-23+,31-24+. The van der Waals surface area contributed by atoms with Crippen molar-refractivity contribution in [2.24, 2.45) is 0 Å². The number of fused-ring (bicyclic) bond motifs is 2. The zero-order valence-corrected chi connectivity index (χ0v) is 23.2. The van der Waals surface area contributed by atoms with Crippen LogP contribution in [0.25, 0.3) is 0 Å². The van der Waals surface area contributed by atoms with E-state index in [-0.39, 0.29) is 16.6 Å². The molecule has 36 heavy (non-hydrogen) atoms. The van der Waals surface area contributed by atoms with Crippen LogP contribution in [0.5, 0.6) is 0 Å². The predicted molar refractivity (Wildman–Crippen MR) is 154 cm³/mol. The molecule has 4 rings (SSSR count). The van der Waals surface area contributed by atoms with Crippen LogP contribution in [0.1, 0.15) is 91.2 Å². The van der Waals surface area contributed by atoms with Crippen LogP contribution < -0.4 is 9.80 Å². The van der Waals surface area contributed by atoms with Gasteiger partial charge in [0.1, 0.15) is 0 Å². The summed E-state index contributed by atoms with van der Waals surface area (Å²) in [5.74, 6) is 0.1000. The summed E-state index contributed by atoms with van der Waals surface area (Å²) in [7, 11) is 0. The number of para-hydroxylation sites is 2. The van der Waals surface area contributed by atoms with Crippen molar-refractivity contribution in [2.75, 3.05) is 22.9 Å². The van der Waals surface area contributed by atoms with Crippen LogP contribution in [0.2, 0.25) is 0 Å². The van der Waals surface area contributed by atoms with E-state index in [4.69, 9.17) is 0 Å². The predicted octanol–water partition coefficient (Wildman–Crippen LogP) is 8.30. The van der Waals surface area contributed by atoms with E-state index in [9.17, 15) is 4.79 Å². The van der Waals surface area contributed by atoms with Crippen molar-refractivity contribution in [3.63, 3.8) is 0 Å². The molecule has 0 saturated carbocycles. The molecule has 3 nitrogen and oxygen atoms in total. The van der Waals surface area contributed by atoms with Gasteiger partial charge >= 0.3 is 0 Å². The van der Waals surface area contributed by atoms with Crippen LogP contribution in [0.3, 0.4) is 0 Å². The van der Waals surface area contributed by atoms with Gasteiger partial charge in [0.2, 0.25) is 0 Å². The lowest BCUT2D eigenvalue weighted by molar-refractivity contribution is -0.110. The number of allylic oxidation sites excluding steroid dienone is 4. The van der Waals surface area contributed by atoms with E-state index in [2.05, 4.69) is 99.9 Å². The molecule has 2 aromatic carbocycles. The highest BCUT2D eigenvalue weighted by molar-refractivity contribution is 6.02. The normalized spacial score (nSPS) is 25.1. The van der Waals surface area contributed by atoms with E-state index < -0.39 is 0 Å². The number of rotatable bonds is 10. The molecule has 0 radical (unpaired) electrons. The molecule has 0 amide bonds. The molecule has 192 valence electrons. The van der Waals surface area contributed by atoms with E-state index in [1.807, 2.05) is 12.2 Å². The third-order valence-electron chi connectivity index (χ3n) is 8.73. The van der Waals surface area contributed by atoms with Gasteiger partial charge in [0.15, 0.2) is 5.78 Å². The first kappa shape index (κ1) is 26.3. The molecule has 3 heteroatoms. The number of unbranched alkanes of at least 4 members (excludes halogenated alkanes) is 2. The first-order valence-electron chi connectivity index (χ1n) is 14.1. The number of hydrogen-bond acceptors (Lipinski definition) is 3. The molecule has 2 atom stereocenters. The number of carbonyl (C=O) groups is 1. The van der Waals surface area contributed by atoms with E-state index >= 15 is 0 Å². The second-order valence-corrected chi connectivity index (χ2v) is 10.9. The fraction of sp³-hybridized carbons (Fsp3) is 0.485. The minimum absolute atomic E-state index is 0.1000. The van der Waals surface area contributed by atoms with Gasteiger partial charge in [0, 0.05) is 58.8 Å². The van der Waals surface area contributed by atoms with Crippen LogP contribution in [0.4, 0.5) is 11.4 Å². The van der Waals surface area contributed by atoms with Crippen molar-refractivity contribution >= 4 is 17.2 Å². The van der Waals surface area contributed by atoms with Crippen LogP contribution in [0, 0.1) is 0 Å². The summed E-state index contributed by atoms with van der Waals surface area (Å²) in [6.45, 7) is 15.4. The molecule has 2 aliphatic heterocycles. The SMILES string of the molecule is CCCCN1/C(=C/C(=O)/C=C2/N(CCCC)c3ccccc3C2(C)CC)C(C)(CC)c2ccccc21. The van der Waals surface area contributed by atoms with Gasteiger partial charge in [-0.25, -0.2) is 0 Å². The first-order valence-corrected chi connectivity index (χ1v) is 14.1. The molecule has 0 spiro atoms. The number of ketones is 1. The maximum absolute atomic E-state index is 13.9. The zero-order valence-electron chi connectivity index (χ0n) is 23.2. The zero-order chi connectivity index (χ0) is 25.9.